The van der Waals surface area contributed by atoms with Gasteiger partial charge in [-0.25, -0.2) is 4.98 Å². The number of halogens is 1. The van der Waals surface area contributed by atoms with Crippen molar-refractivity contribution in [2.24, 2.45) is 7.05 Å². The number of imidazole rings is 1. The summed E-state index contributed by atoms with van der Waals surface area (Å²) in [4.78, 5) is 15.7. The smallest absolute Gasteiger partial charge is 0.273 e. The van der Waals surface area contributed by atoms with Crippen molar-refractivity contribution in [3.63, 3.8) is 0 Å². The molecule has 3 N–H and O–H groups in total. The van der Waals surface area contributed by atoms with Gasteiger partial charge in [0.2, 0.25) is 0 Å². The predicted molar refractivity (Wildman–Crippen MR) is 67.0 cm³/mol. The summed E-state index contributed by atoms with van der Waals surface area (Å²) < 4.78 is 1.63. The van der Waals surface area contributed by atoms with Crippen molar-refractivity contribution in [3.05, 3.63) is 41.4 Å². The molecule has 0 radical (unpaired) electrons. The minimum Gasteiger partial charge on any atom is -0.397 e. The van der Waals surface area contributed by atoms with E-state index in [0.29, 0.717) is 22.1 Å². The van der Waals surface area contributed by atoms with E-state index in [1.807, 2.05) is 0 Å². The van der Waals surface area contributed by atoms with Crippen LogP contribution in [0.2, 0.25) is 5.02 Å². The third-order valence-electron chi connectivity index (χ3n) is 2.31. The van der Waals surface area contributed by atoms with Gasteiger partial charge in [-0.3, -0.25) is 4.79 Å². The molecule has 1 aromatic heterocycles. The number of aromatic nitrogens is 2. The van der Waals surface area contributed by atoms with Gasteiger partial charge in [0.15, 0.2) is 0 Å². The van der Waals surface area contributed by atoms with E-state index >= 15 is 0 Å². The maximum absolute atomic E-state index is 11.9. The van der Waals surface area contributed by atoms with Gasteiger partial charge in [0.1, 0.15) is 5.69 Å². The Labute approximate surface area is 103 Å². The van der Waals surface area contributed by atoms with Crippen LogP contribution in [0, 0.1) is 0 Å². The topological polar surface area (TPSA) is 72.9 Å². The van der Waals surface area contributed by atoms with Gasteiger partial charge in [0.05, 0.1) is 23.9 Å². The van der Waals surface area contributed by atoms with Crippen LogP contribution >= 0.6 is 11.6 Å². The van der Waals surface area contributed by atoms with E-state index in [1.54, 1.807) is 36.1 Å². The summed E-state index contributed by atoms with van der Waals surface area (Å²) >= 11 is 5.77. The summed E-state index contributed by atoms with van der Waals surface area (Å²) in [6, 6.07) is 4.91. The van der Waals surface area contributed by atoms with Crippen molar-refractivity contribution in [2.45, 2.75) is 0 Å². The zero-order valence-electron chi connectivity index (χ0n) is 9.14. The Morgan fingerprint density at radius 3 is 2.88 bits per heavy atom. The molecule has 17 heavy (non-hydrogen) atoms. The normalized spacial score (nSPS) is 10.2. The van der Waals surface area contributed by atoms with Crippen LogP contribution in [-0.4, -0.2) is 15.5 Å². The number of hydrogen-bond acceptors (Lipinski definition) is 3. The molecule has 0 bridgehead atoms. The monoisotopic (exact) mass is 250 g/mol. The van der Waals surface area contributed by atoms with Crippen LogP contribution in [0.5, 0.6) is 0 Å². The number of amides is 1. The molecule has 0 aliphatic carbocycles. The fourth-order valence-corrected chi connectivity index (χ4v) is 1.59. The van der Waals surface area contributed by atoms with Crippen molar-refractivity contribution in [1.29, 1.82) is 0 Å². The Bertz CT molecular complexity index is 564. The van der Waals surface area contributed by atoms with Gasteiger partial charge in [-0.15, -0.1) is 0 Å². The van der Waals surface area contributed by atoms with E-state index < -0.39 is 0 Å². The van der Waals surface area contributed by atoms with Crippen molar-refractivity contribution in [3.8, 4) is 0 Å². The Kier molecular flexibility index (Phi) is 3.01. The molecule has 0 atom stereocenters. The second-order valence-corrected chi connectivity index (χ2v) is 4.01. The molecule has 0 spiro atoms. The number of benzene rings is 1. The molecule has 5 nitrogen and oxygen atoms in total. The number of aryl methyl sites for hydroxylation is 1. The second-order valence-electron chi connectivity index (χ2n) is 3.58. The fourth-order valence-electron chi connectivity index (χ4n) is 1.41. The van der Waals surface area contributed by atoms with E-state index in [-0.39, 0.29) is 5.91 Å². The molecule has 1 aromatic carbocycles. The first-order valence-electron chi connectivity index (χ1n) is 4.90. The molecule has 0 saturated carbocycles. The highest BCUT2D eigenvalue weighted by molar-refractivity contribution is 6.31. The lowest BCUT2D eigenvalue weighted by Gasteiger charge is -2.08. The quantitative estimate of drug-likeness (QED) is 0.800. The van der Waals surface area contributed by atoms with Gasteiger partial charge in [-0.1, -0.05) is 11.6 Å². The summed E-state index contributed by atoms with van der Waals surface area (Å²) in [7, 11) is 1.74. The first-order chi connectivity index (χ1) is 8.08. The standard InChI is InChI=1S/C11H11ClN4O/c1-16-6-14-5-10(16)11(17)15-9-3-2-7(12)4-8(9)13/h2-6H,13H2,1H3,(H,15,17). The Morgan fingerprint density at radius 2 is 2.29 bits per heavy atom. The molecule has 0 aliphatic heterocycles. The Morgan fingerprint density at radius 1 is 1.53 bits per heavy atom. The van der Waals surface area contributed by atoms with Crippen LogP contribution in [0.3, 0.4) is 0 Å². The number of nitrogens with two attached hydrogens (primary N) is 1. The second kappa shape index (κ2) is 4.47. The molecule has 1 amide bonds. The summed E-state index contributed by atoms with van der Waals surface area (Å²) in [6.07, 6.45) is 3.04. The van der Waals surface area contributed by atoms with Crippen molar-refractivity contribution in [2.75, 3.05) is 11.1 Å². The van der Waals surface area contributed by atoms with Crippen molar-refractivity contribution in [1.82, 2.24) is 9.55 Å². The van der Waals surface area contributed by atoms with Crippen LogP contribution in [0.4, 0.5) is 11.4 Å². The molecule has 0 fully saturated rings. The lowest BCUT2D eigenvalue weighted by molar-refractivity contribution is 0.101. The molecule has 0 saturated heterocycles. The highest BCUT2D eigenvalue weighted by Crippen LogP contribution is 2.23. The maximum atomic E-state index is 11.9. The summed E-state index contributed by atoms with van der Waals surface area (Å²) in [6.45, 7) is 0. The first-order valence-corrected chi connectivity index (χ1v) is 5.28. The SMILES string of the molecule is Cn1cncc1C(=O)Nc1ccc(Cl)cc1N. The van der Waals surface area contributed by atoms with Crippen LogP contribution in [0.1, 0.15) is 10.5 Å². The van der Waals surface area contributed by atoms with Gasteiger partial charge in [-0.05, 0) is 18.2 Å². The zero-order valence-corrected chi connectivity index (χ0v) is 9.90. The van der Waals surface area contributed by atoms with Gasteiger partial charge >= 0.3 is 0 Å². The average molecular weight is 251 g/mol. The van der Waals surface area contributed by atoms with Gasteiger partial charge in [0.25, 0.3) is 5.91 Å². The lowest BCUT2D eigenvalue weighted by atomic mass is 10.2. The fraction of sp³-hybridized carbons (Fsp3) is 0.0909. The molecule has 88 valence electrons. The molecule has 2 rings (SSSR count). The molecule has 1 heterocycles. The summed E-state index contributed by atoms with van der Waals surface area (Å²) in [5.74, 6) is -0.265. The molecular formula is C11H11ClN4O. The third-order valence-corrected chi connectivity index (χ3v) is 2.55. The summed E-state index contributed by atoms with van der Waals surface area (Å²) in [5, 5.41) is 3.23. The van der Waals surface area contributed by atoms with Crippen molar-refractivity contribution < 1.29 is 4.79 Å². The lowest BCUT2D eigenvalue weighted by Crippen LogP contribution is -2.16. The highest BCUT2D eigenvalue weighted by atomic mass is 35.5. The van der Waals surface area contributed by atoms with Gasteiger partial charge < -0.3 is 15.6 Å². The number of hydrogen-bond donors (Lipinski definition) is 2. The van der Waals surface area contributed by atoms with E-state index in [1.165, 1.54) is 6.20 Å². The molecule has 0 unspecified atom stereocenters. The van der Waals surface area contributed by atoms with Crippen molar-refractivity contribution >= 4 is 28.9 Å². The molecular weight excluding hydrogens is 240 g/mol. The Hall–Kier alpha value is -2.01. The largest absolute Gasteiger partial charge is 0.397 e. The van der Waals surface area contributed by atoms with Crippen LogP contribution in [0.25, 0.3) is 0 Å². The maximum Gasteiger partial charge on any atom is 0.273 e. The zero-order chi connectivity index (χ0) is 12.4. The Balaban J connectivity index is 2.22. The number of carbonyl (C=O) groups excluding carboxylic acids is 1. The third kappa shape index (κ3) is 2.39. The number of carbonyl (C=O) groups is 1. The highest BCUT2D eigenvalue weighted by Gasteiger charge is 2.11. The van der Waals surface area contributed by atoms with E-state index in [9.17, 15) is 4.79 Å². The number of nitrogen functional groups attached to an aromatic ring is 1. The number of nitrogens with zero attached hydrogens (tertiary/aromatic N) is 2. The van der Waals surface area contributed by atoms with Crippen LogP contribution in [0.15, 0.2) is 30.7 Å². The first kappa shape index (κ1) is 11.5. The molecule has 6 heteroatoms. The van der Waals surface area contributed by atoms with Gasteiger partial charge in [-0.2, -0.15) is 0 Å². The predicted octanol–water partition coefficient (Wildman–Crippen LogP) is 1.91. The minimum atomic E-state index is -0.265. The summed E-state index contributed by atoms with van der Waals surface area (Å²) in [5.41, 5.74) is 7.15. The van der Waals surface area contributed by atoms with E-state index in [0.717, 1.165) is 0 Å². The van der Waals surface area contributed by atoms with Crippen LogP contribution in [-0.2, 0) is 7.05 Å². The number of nitrogens with one attached hydrogen (secondary N) is 1. The van der Waals surface area contributed by atoms with Gasteiger partial charge in [0, 0.05) is 12.1 Å². The molecule has 2 aromatic rings. The molecule has 0 aliphatic rings. The van der Waals surface area contributed by atoms with E-state index in [2.05, 4.69) is 10.3 Å². The van der Waals surface area contributed by atoms with Crippen LogP contribution < -0.4 is 11.1 Å². The minimum absolute atomic E-state index is 0.265. The van der Waals surface area contributed by atoms with E-state index in [4.69, 9.17) is 17.3 Å². The number of rotatable bonds is 2. The number of anilines is 2. The average Bonchev–Trinajstić information content (AvgIpc) is 2.68.